The number of rotatable bonds is 7. The van der Waals surface area contributed by atoms with Crippen molar-refractivity contribution in [2.24, 2.45) is 5.92 Å². The quantitative estimate of drug-likeness (QED) is 0.573. The maximum atomic E-state index is 12.1. The summed E-state index contributed by atoms with van der Waals surface area (Å²) in [5.74, 6) is -1.73. The summed E-state index contributed by atoms with van der Waals surface area (Å²) in [7, 11) is 1.54. The van der Waals surface area contributed by atoms with Gasteiger partial charge in [0.05, 0.1) is 16.3 Å². The zero-order valence-corrected chi connectivity index (χ0v) is 13.9. The smallest absolute Gasteiger partial charge is 0.354 e. The first kappa shape index (κ1) is 17.2. The van der Waals surface area contributed by atoms with Gasteiger partial charge in [0.2, 0.25) is 11.8 Å². The number of carbonyl (C=O) groups is 3. The summed E-state index contributed by atoms with van der Waals surface area (Å²) < 4.78 is 0.528. The number of carboxylic acid groups (broad SMARTS) is 1. The Kier molecular flexibility index (Phi) is 5.41. The molecule has 2 amide bonds. The van der Waals surface area contributed by atoms with Gasteiger partial charge in [-0.3, -0.25) is 14.5 Å². The highest BCUT2D eigenvalue weighted by atomic mass is 32.2. The van der Waals surface area contributed by atoms with Crippen LogP contribution in [0.2, 0.25) is 0 Å². The molecule has 7 nitrogen and oxygen atoms in total. The van der Waals surface area contributed by atoms with Gasteiger partial charge in [-0.15, -0.1) is 11.8 Å². The lowest BCUT2D eigenvalue weighted by molar-refractivity contribution is -0.157. The number of carboxylic acids is 1. The molecule has 3 N–H and O–H groups in total. The van der Waals surface area contributed by atoms with Crippen molar-refractivity contribution in [3.8, 4) is 0 Å². The molecule has 2 aliphatic rings. The number of hydrogen-bond acceptors (Lipinski definition) is 6. The summed E-state index contributed by atoms with van der Waals surface area (Å²) in [4.78, 5) is 36.0. The molecular weight excluding hydrogens is 328 g/mol. The highest BCUT2D eigenvalue weighted by Gasteiger charge is 2.58. The van der Waals surface area contributed by atoms with E-state index >= 15 is 0 Å². The third-order valence-corrected chi connectivity index (χ3v) is 6.28. The second kappa shape index (κ2) is 6.93. The van der Waals surface area contributed by atoms with Gasteiger partial charge in [-0.25, -0.2) is 4.79 Å². The molecule has 0 aromatic rings. The number of nitrogens with zero attached hydrogens (tertiary/aromatic N) is 1. The predicted octanol–water partition coefficient (Wildman–Crippen LogP) is 0.412. The Labute approximate surface area is 136 Å². The molecule has 1 saturated heterocycles. The minimum atomic E-state index is -1.16. The van der Waals surface area contributed by atoms with E-state index in [0.717, 1.165) is 0 Å². The van der Waals surface area contributed by atoms with Gasteiger partial charge in [0.15, 0.2) is 5.70 Å². The standard InChI is InChI=1S/C13H18N2O5S2/c1-3-6(16)8-10(18)15-9(12(19)20)13(22-11(8)15)21-5-4-7(17)14-2/h6,8,11,16H,3-5H2,1-2H3,(H,14,17)(H,19,20)/t6-,8+,11+/m0/s1. The van der Waals surface area contributed by atoms with Crippen molar-refractivity contribution in [1.29, 1.82) is 0 Å². The molecule has 0 spiro atoms. The Balaban J connectivity index is 2.08. The molecule has 2 rings (SSSR count). The number of carbonyl (C=O) groups excluding carboxylic acids is 2. The zero-order chi connectivity index (χ0) is 16.4. The summed E-state index contributed by atoms with van der Waals surface area (Å²) in [5.41, 5.74) is -0.0264. The average Bonchev–Trinajstić information content (AvgIpc) is 2.81. The van der Waals surface area contributed by atoms with E-state index in [-0.39, 0.29) is 29.3 Å². The van der Waals surface area contributed by atoms with Crippen molar-refractivity contribution >= 4 is 41.3 Å². The van der Waals surface area contributed by atoms with E-state index < -0.39 is 18.0 Å². The molecule has 2 aliphatic heterocycles. The molecule has 1 fully saturated rings. The van der Waals surface area contributed by atoms with Gasteiger partial charge in [-0.05, 0) is 6.42 Å². The molecule has 2 heterocycles. The number of aliphatic carboxylic acids is 1. The monoisotopic (exact) mass is 346 g/mol. The van der Waals surface area contributed by atoms with Gasteiger partial charge in [-0.2, -0.15) is 0 Å². The van der Waals surface area contributed by atoms with Crippen LogP contribution in [0.4, 0.5) is 0 Å². The molecule has 122 valence electrons. The van der Waals surface area contributed by atoms with E-state index in [0.29, 0.717) is 16.4 Å². The molecule has 0 aromatic carbocycles. The first-order valence-corrected chi connectivity index (χ1v) is 8.77. The van der Waals surface area contributed by atoms with Crippen LogP contribution in [0, 0.1) is 5.92 Å². The van der Waals surface area contributed by atoms with Crippen molar-refractivity contribution < 1.29 is 24.6 Å². The Morgan fingerprint density at radius 3 is 2.73 bits per heavy atom. The van der Waals surface area contributed by atoms with E-state index in [1.165, 1.54) is 28.4 Å². The molecule has 3 atom stereocenters. The van der Waals surface area contributed by atoms with Gasteiger partial charge in [0, 0.05) is 19.2 Å². The van der Waals surface area contributed by atoms with Crippen molar-refractivity contribution in [3.05, 3.63) is 9.93 Å². The SMILES string of the molecule is CC[C@H](O)[C@@H]1C(=O)N2C(C(=O)O)=C(SCCC(=O)NC)S[C@H]12. The number of amides is 2. The van der Waals surface area contributed by atoms with Crippen LogP contribution in [0.25, 0.3) is 0 Å². The summed E-state index contributed by atoms with van der Waals surface area (Å²) in [5, 5.41) is 21.4. The number of β-lactam (4-membered cyclic amide) rings is 1. The highest BCUT2D eigenvalue weighted by molar-refractivity contribution is 8.22. The number of fused-ring (bicyclic) bond motifs is 1. The summed E-state index contributed by atoms with van der Waals surface area (Å²) in [6.45, 7) is 1.78. The van der Waals surface area contributed by atoms with Crippen molar-refractivity contribution in [1.82, 2.24) is 10.2 Å². The molecule has 0 saturated carbocycles. The van der Waals surface area contributed by atoms with Crippen molar-refractivity contribution in [2.75, 3.05) is 12.8 Å². The van der Waals surface area contributed by atoms with Crippen LogP contribution in [0.5, 0.6) is 0 Å². The number of thioether (sulfide) groups is 2. The van der Waals surface area contributed by atoms with Gasteiger partial charge in [0.1, 0.15) is 5.37 Å². The third kappa shape index (κ3) is 2.97. The second-order valence-corrected chi connectivity index (χ2v) is 7.42. The first-order chi connectivity index (χ1) is 10.4. The molecule has 0 aliphatic carbocycles. The number of aliphatic hydroxyl groups excluding tert-OH is 1. The van der Waals surface area contributed by atoms with Gasteiger partial charge in [0.25, 0.3) is 0 Å². The summed E-state index contributed by atoms with van der Waals surface area (Å²) >= 11 is 2.55. The minimum Gasteiger partial charge on any atom is -0.477 e. The minimum absolute atomic E-state index is 0.0264. The van der Waals surface area contributed by atoms with Crippen molar-refractivity contribution in [2.45, 2.75) is 31.2 Å². The van der Waals surface area contributed by atoms with E-state index in [4.69, 9.17) is 0 Å². The molecule has 0 bridgehead atoms. The van der Waals surface area contributed by atoms with E-state index in [9.17, 15) is 24.6 Å². The van der Waals surface area contributed by atoms with Gasteiger partial charge >= 0.3 is 5.97 Å². The molecule has 0 radical (unpaired) electrons. The van der Waals surface area contributed by atoms with Crippen LogP contribution >= 0.6 is 23.5 Å². The van der Waals surface area contributed by atoms with Crippen LogP contribution in [0.1, 0.15) is 19.8 Å². The third-order valence-electron chi connectivity index (χ3n) is 3.62. The van der Waals surface area contributed by atoms with Crippen LogP contribution in [0.3, 0.4) is 0 Å². The average molecular weight is 346 g/mol. The largest absolute Gasteiger partial charge is 0.477 e. The lowest BCUT2D eigenvalue weighted by Crippen LogP contribution is -2.61. The Morgan fingerprint density at radius 1 is 1.50 bits per heavy atom. The molecule has 0 unspecified atom stereocenters. The van der Waals surface area contributed by atoms with Crippen LogP contribution < -0.4 is 5.32 Å². The van der Waals surface area contributed by atoms with Crippen LogP contribution in [-0.4, -0.2) is 57.2 Å². The van der Waals surface area contributed by atoms with Crippen molar-refractivity contribution in [3.63, 3.8) is 0 Å². The molecule has 0 aromatic heterocycles. The second-order valence-electron chi connectivity index (χ2n) is 4.93. The normalized spacial score (nSPS) is 24.9. The molecular formula is C13H18N2O5S2. The van der Waals surface area contributed by atoms with Crippen LogP contribution in [0.15, 0.2) is 9.93 Å². The fourth-order valence-electron chi connectivity index (χ4n) is 2.38. The van der Waals surface area contributed by atoms with Gasteiger partial charge in [-0.1, -0.05) is 18.7 Å². The van der Waals surface area contributed by atoms with Gasteiger partial charge < -0.3 is 15.5 Å². The van der Waals surface area contributed by atoms with E-state index in [2.05, 4.69) is 5.32 Å². The topological polar surface area (TPSA) is 107 Å². The zero-order valence-electron chi connectivity index (χ0n) is 12.2. The lowest BCUT2D eigenvalue weighted by Gasteiger charge is -2.44. The Bertz CT molecular complexity index is 537. The maximum absolute atomic E-state index is 12.1. The Morgan fingerprint density at radius 2 is 2.18 bits per heavy atom. The van der Waals surface area contributed by atoms with Crippen LogP contribution in [-0.2, 0) is 14.4 Å². The number of hydrogen-bond donors (Lipinski definition) is 3. The number of aliphatic hydroxyl groups is 1. The fourth-order valence-corrected chi connectivity index (χ4v) is 5.27. The van der Waals surface area contributed by atoms with E-state index in [1.807, 2.05) is 0 Å². The fraction of sp³-hybridized carbons (Fsp3) is 0.615. The first-order valence-electron chi connectivity index (χ1n) is 6.91. The highest BCUT2D eigenvalue weighted by Crippen LogP contribution is 2.54. The Hall–Kier alpha value is -1.19. The lowest BCUT2D eigenvalue weighted by atomic mass is 9.90. The number of nitrogens with one attached hydrogen (secondary N) is 1. The predicted molar refractivity (Wildman–Crippen MR) is 83.8 cm³/mol. The summed E-state index contributed by atoms with van der Waals surface area (Å²) in [6.07, 6.45) is -0.0350. The molecule has 9 heteroatoms. The van der Waals surface area contributed by atoms with E-state index in [1.54, 1.807) is 14.0 Å². The maximum Gasteiger partial charge on any atom is 0.354 e. The summed E-state index contributed by atoms with van der Waals surface area (Å²) in [6, 6.07) is 0. The molecule has 22 heavy (non-hydrogen) atoms.